The Hall–Kier alpha value is -2.60. The molecule has 0 saturated carbocycles. The van der Waals surface area contributed by atoms with Gasteiger partial charge in [0.05, 0.1) is 16.9 Å². The Morgan fingerprint density at radius 2 is 1.70 bits per heavy atom. The van der Waals surface area contributed by atoms with Crippen molar-refractivity contribution in [3.63, 3.8) is 0 Å². The number of amides is 1. The van der Waals surface area contributed by atoms with Gasteiger partial charge in [0.25, 0.3) is 0 Å². The monoisotopic (exact) mass is 378 g/mol. The van der Waals surface area contributed by atoms with Crippen LogP contribution in [0.4, 0.5) is 10.8 Å². The van der Waals surface area contributed by atoms with E-state index in [-0.39, 0.29) is 5.91 Å². The zero-order valence-electron chi connectivity index (χ0n) is 15.3. The van der Waals surface area contributed by atoms with Crippen LogP contribution in [-0.2, 0) is 4.79 Å². The van der Waals surface area contributed by atoms with Gasteiger partial charge in [-0.05, 0) is 37.1 Å². The van der Waals surface area contributed by atoms with Crippen molar-refractivity contribution in [2.45, 2.75) is 18.4 Å². The predicted molar refractivity (Wildman–Crippen MR) is 110 cm³/mol. The van der Waals surface area contributed by atoms with Crippen molar-refractivity contribution >= 4 is 38.3 Å². The summed E-state index contributed by atoms with van der Waals surface area (Å²) >= 11 is 1.74. The van der Waals surface area contributed by atoms with E-state index >= 15 is 0 Å². The van der Waals surface area contributed by atoms with Crippen molar-refractivity contribution in [3.8, 4) is 0 Å². The highest BCUT2D eigenvalue weighted by Crippen LogP contribution is 2.40. The normalized spacial score (nSPS) is 19.4. The number of nitrogens with zero attached hydrogens (tertiary/aromatic N) is 4. The molecule has 1 aromatic heterocycles. The number of para-hydroxylation sites is 2. The number of piperidine rings is 1. The molecule has 0 N–H and O–H groups in total. The SMILES string of the molecule is CN1CN(c2ccccc2)C2(CCN(c3nc4ccccc4s3)CC2)C1=O. The van der Waals surface area contributed by atoms with E-state index < -0.39 is 5.54 Å². The Kier molecular flexibility index (Phi) is 3.82. The molecule has 2 saturated heterocycles. The lowest BCUT2D eigenvalue weighted by atomic mass is 9.85. The van der Waals surface area contributed by atoms with Gasteiger partial charge in [-0.1, -0.05) is 41.7 Å². The van der Waals surface area contributed by atoms with Gasteiger partial charge in [-0.15, -0.1) is 0 Å². The zero-order valence-corrected chi connectivity index (χ0v) is 16.2. The van der Waals surface area contributed by atoms with E-state index in [9.17, 15) is 4.79 Å². The summed E-state index contributed by atoms with van der Waals surface area (Å²) in [6, 6.07) is 18.6. The number of carbonyl (C=O) groups is 1. The van der Waals surface area contributed by atoms with Crippen LogP contribution in [0.15, 0.2) is 54.6 Å². The minimum Gasteiger partial charge on any atom is -0.348 e. The second kappa shape index (κ2) is 6.23. The number of rotatable bonds is 2. The molecule has 2 fully saturated rings. The van der Waals surface area contributed by atoms with Gasteiger partial charge in [0.2, 0.25) is 5.91 Å². The Morgan fingerprint density at radius 1 is 1.00 bits per heavy atom. The molecule has 0 aliphatic carbocycles. The summed E-state index contributed by atoms with van der Waals surface area (Å²) < 4.78 is 1.22. The number of likely N-dealkylation sites (N-methyl/N-ethyl adjacent to an activating group) is 1. The van der Waals surface area contributed by atoms with Crippen molar-refractivity contribution in [2.75, 3.05) is 36.6 Å². The van der Waals surface area contributed by atoms with Gasteiger partial charge in [0.15, 0.2) is 5.13 Å². The standard InChI is InChI=1S/C21H22N4OS/c1-23-15-25(16-7-3-2-4-8-16)21(19(23)26)11-13-24(14-12-21)20-22-17-9-5-6-10-18(17)27-20/h2-10H,11-15H2,1H3. The minimum absolute atomic E-state index is 0.246. The van der Waals surface area contributed by atoms with E-state index in [1.54, 1.807) is 11.3 Å². The first-order valence-electron chi connectivity index (χ1n) is 9.36. The summed E-state index contributed by atoms with van der Waals surface area (Å²) in [5.74, 6) is 0.246. The summed E-state index contributed by atoms with van der Waals surface area (Å²) in [5.41, 5.74) is 1.76. The van der Waals surface area contributed by atoms with E-state index in [0.29, 0.717) is 6.67 Å². The summed E-state index contributed by atoms with van der Waals surface area (Å²) in [6.45, 7) is 2.36. The van der Waals surface area contributed by atoms with Crippen LogP contribution in [-0.4, -0.2) is 48.1 Å². The highest BCUT2D eigenvalue weighted by atomic mass is 32.1. The van der Waals surface area contributed by atoms with Gasteiger partial charge in [0, 0.05) is 25.8 Å². The summed E-state index contributed by atoms with van der Waals surface area (Å²) in [6.07, 6.45) is 1.64. The third-order valence-electron chi connectivity index (χ3n) is 5.83. The third kappa shape index (κ3) is 2.58. The first-order chi connectivity index (χ1) is 13.2. The van der Waals surface area contributed by atoms with Crippen LogP contribution in [0.2, 0.25) is 0 Å². The molecule has 0 unspecified atom stereocenters. The molecule has 138 valence electrons. The van der Waals surface area contributed by atoms with E-state index in [2.05, 4.69) is 40.1 Å². The molecule has 2 aromatic carbocycles. The maximum Gasteiger partial charge on any atom is 0.249 e. The van der Waals surface area contributed by atoms with Gasteiger partial charge in [-0.3, -0.25) is 4.79 Å². The molecular formula is C21H22N4OS. The first-order valence-corrected chi connectivity index (χ1v) is 10.2. The average molecular weight is 379 g/mol. The number of hydrogen-bond acceptors (Lipinski definition) is 5. The number of aromatic nitrogens is 1. The fourth-order valence-corrected chi connectivity index (χ4v) is 5.38. The fraction of sp³-hybridized carbons (Fsp3) is 0.333. The number of anilines is 2. The van der Waals surface area contributed by atoms with Crippen LogP contribution in [0, 0.1) is 0 Å². The molecule has 1 spiro atoms. The fourth-order valence-electron chi connectivity index (χ4n) is 4.37. The average Bonchev–Trinajstić information content (AvgIpc) is 3.25. The molecule has 6 heteroatoms. The highest BCUT2D eigenvalue weighted by Gasteiger charge is 2.52. The van der Waals surface area contributed by atoms with Gasteiger partial charge >= 0.3 is 0 Å². The molecule has 0 bridgehead atoms. The molecule has 0 atom stereocenters. The summed E-state index contributed by atoms with van der Waals surface area (Å²) in [5, 5.41) is 1.07. The van der Waals surface area contributed by atoms with Crippen molar-refractivity contribution in [3.05, 3.63) is 54.6 Å². The van der Waals surface area contributed by atoms with Gasteiger partial charge in [-0.25, -0.2) is 4.98 Å². The number of carbonyl (C=O) groups excluding carboxylic acids is 1. The lowest BCUT2D eigenvalue weighted by Crippen LogP contribution is -2.56. The van der Waals surface area contributed by atoms with Crippen molar-refractivity contribution in [2.24, 2.45) is 0 Å². The topological polar surface area (TPSA) is 39.7 Å². The molecule has 0 radical (unpaired) electrons. The second-order valence-corrected chi connectivity index (χ2v) is 8.40. The molecule has 3 heterocycles. The number of hydrogen-bond donors (Lipinski definition) is 0. The van der Waals surface area contributed by atoms with Crippen molar-refractivity contribution < 1.29 is 4.79 Å². The summed E-state index contributed by atoms with van der Waals surface area (Å²) in [4.78, 5) is 24.4. The minimum atomic E-state index is -0.427. The van der Waals surface area contributed by atoms with E-state index in [1.807, 2.05) is 36.2 Å². The molecular weight excluding hydrogens is 356 g/mol. The number of benzene rings is 2. The van der Waals surface area contributed by atoms with Crippen LogP contribution >= 0.6 is 11.3 Å². The van der Waals surface area contributed by atoms with E-state index in [1.165, 1.54) is 4.70 Å². The van der Waals surface area contributed by atoms with Crippen LogP contribution in [0.1, 0.15) is 12.8 Å². The number of fused-ring (bicyclic) bond motifs is 1. The Balaban J connectivity index is 1.42. The Labute approximate surface area is 162 Å². The second-order valence-electron chi connectivity index (χ2n) is 7.39. The first kappa shape index (κ1) is 16.6. The molecule has 1 amide bonds. The Morgan fingerprint density at radius 3 is 2.44 bits per heavy atom. The third-order valence-corrected chi connectivity index (χ3v) is 6.92. The summed E-state index contributed by atoms with van der Waals surface area (Å²) in [7, 11) is 1.91. The smallest absolute Gasteiger partial charge is 0.249 e. The maximum absolute atomic E-state index is 13.1. The predicted octanol–water partition coefficient (Wildman–Crippen LogP) is 3.57. The Bertz CT molecular complexity index is 945. The molecule has 5 nitrogen and oxygen atoms in total. The molecule has 5 rings (SSSR count). The maximum atomic E-state index is 13.1. The van der Waals surface area contributed by atoms with E-state index in [0.717, 1.165) is 42.3 Å². The zero-order chi connectivity index (χ0) is 18.4. The van der Waals surface area contributed by atoms with Crippen molar-refractivity contribution in [1.29, 1.82) is 0 Å². The lowest BCUT2D eigenvalue weighted by Gasteiger charge is -2.43. The molecule has 27 heavy (non-hydrogen) atoms. The number of thiazole rings is 1. The van der Waals surface area contributed by atoms with Crippen LogP contribution in [0.5, 0.6) is 0 Å². The van der Waals surface area contributed by atoms with Crippen molar-refractivity contribution in [1.82, 2.24) is 9.88 Å². The molecule has 2 aliphatic heterocycles. The highest BCUT2D eigenvalue weighted by molar-refractivity contribution is 7.22. The largest absolute Gasteiger partial charge is 0.348 e. The lowest BCUT2D eigenvalue weighted by molar-refractivity contribution is -0.131. The molecule has 2 aliphatic rings. The van der Waals surface area contributed by atoms with Gasteiger partial charge in [-0.2, -0.15) is 0 Å². The van der Waals surface area contributed by atoms with Crippen LogP contribution in [0.25, 0.3) is 10.2 Å². The van der Waals surface area contributed by atoms with Crippen LogP contribution in [0.3, 0.4) is 0 Å². The quantitative estimate of drug-likeness (QED) is 0.683. The van der Waals surface area contributed by atoms with E-state index in [4.69, 9.17) is 4.98 Å². The van der Waals surface area contributed by atoms with Gasteiger partial charge < -0.3 is 14.7 Å². The van der Waals surface area contributed by atoms with Crippen LogP contribution < -0.4 is 9.80 Å². The van der Waals surface area contributed by atoms with Gasteiger partial charge in [0.1, 0.15) is 5.54 Å². The molecule has 3 aromatic rings.